The Morgan fingerprint density at radius 2 is 1.96 bits per heavy atom. The Balaban J connectivity index is 0.000000501. The number of aromatic amines is 1. The second-order valence-electron chi connectivity index (χ2n) is 4.99. The maximum Gasteiger partial charge on any atom is 1.00 e. The number of rotatable bonds is 2. The van der Waals surface area contributed by atoms with Gasteiger partial charge in [-0.3, -0.25) is 18.9 Å². The van der Waals surface area contributed by atoms with E-state index in [1.165, 1.54) is 10.9 Å². The fraction of sp³-hybridized carbons (Fsp3) is 0.500. The summed E-state index contributed by atoms with van der Waals surface area (Å²) in [5.41, 5.74) is 5.12. The Hall–Kier alpha value is -0.900. The zero-order valence-electron chi connectivity index (χ0n) is 13.3. The van der Waals surface area contributed by atoms with E-state index in [0.29, 0.717) is 0 Å². The molecule has 3 heterocycles. The molecular formula is C10H15N5NaO9P. The maximum absolute atomic E-state index is 11.7. The minimum Gasteiger partial charge on any atom is -0.756 e. The molecule has 3 rings (SSSR count). The molecule has 0 aromatic carbocycles. The number of nitrogens with two attached hydrogens (primary N) is 1. The minimum atomic E-state index is -4.89. The van der Waals surface area contributed by atoms with Gasteiger partial charge < -0.3 is 40.5 Å². The number of H-pyrrole nitrogens is 1. The van der Waals surface area contributed by atoms with Crippen molar-refractivity contribution in [1.82, 2.24) is 19.5 Å². The van der Waals surface area contributed by atoms with Gasteiger partial charge in [0.25, 0.3) is 13.4 Å². The van der Waals surface area contributed by atoms with E-state index in [1.54, 1.807) is 0 Å². The fourth-order valence-electron chi connectivity index (χ4n) is 2.24. The molecule has 1 aliphatic heterocycles. The van der Waals surface area contributed by atoms with E-state index >= 15 is 0 Å². The first-order valence-electron chi connectivity index (χ1n) is 6.64. The van der Waals surface area contributed by atoms with Crippen LogP contribution in [0.4, 0.5) is 5.95 Å². The fourth-order valence-corrected chi connectivity index (χ4v) is 2.24. The van der Waals surface area contributed by atoms with Crippen LogP contribution in [0.15, 0.2) is 11.1 Å². The van der Waals surface area contributed by atoms with Gasteiger partial charge >= 0.3 is 29.6 Å². The minimum absolute atomic E-state index is 0. The van der Waals surface area contributed by atoms with E-state index < -0.39 is 44.5 Å². The number of ether oxygens (including phenoxy) is 1. The number of imidazole rings is 1. The molecule has 0 saturated carbocycles. The van der Waals surface area contributed by atoms with Crippen molar-refractivity contribution in [3.05, 3.63) is 16.7 Å². The Bertz CT molecular complexity index is 845. The number of fused-ring (bicyclic) bond motifs is 1. The van der Waals surface area contributed by atoms with Gasteiger partial charge in [0.2, 0.25) is 5.95 Å². The second-order valence-corrected chi connectivity index (χ2v) is 5.98. The van der Waals surface area contributed by atoms with Crippen LogP contribution in [-0.2, 0) is 9.30 Å². The maximum atomic E-state index is 11.7. The van der Waals surface area contributed by atoms with Crippen LogP contribution in [0.1, 0.15) is 6.23 Å². The number of nitrogen functional groups attached to an aromatic ring is 1. The van der Waals surface area contributed by atoms with E-state index in [0.717, 1.165) is 0 Å². The number of aliphatic hydroxyl groups is 3. The Labute approximate surface area is 166 Å². The van der Waals surface area contributed by atoms with Crippen LogP contribution in [0.2, 0.25) is 0 Å². The van der Waals surface area contributed by atoms with Crippen LogP contribution in [0, 0.1) is 0 Å². The quantitative estimate of drug-likeness (QED) is 0.183. The molecule has 2 aromatic rings. The van der Waals surface area contributed by atoms with Crippen LogP contribution in [0.5, 0.6) is 0 Å². The predicted molar refractivity (Wildman–Crippen MR) is 77.6 cm³/mol. The summed E-state index contributed by atoms with van der Waals surface area (Å²) in [5, 5.41) is 28.7. The van der Waals surface area contributed by atoms with Gasteiger partial charge in [-0.15, -0.1) is 0 Å². The number of hydrogen-bond donors (Lipinski definition) is 7. The molecule has 1 fully saturated rings. The van der Waals surface area contributed by atoms with Crippen LogP contribution < -0.4 is 45.7 Å². The third-order valence-electron chi connectivity index (χ3n) is 3.24. The van der Waals surface area contributed by atoms with Crippen molar-refractivity contribution in [1.29, 1.82) is 0 Å². The smallest absolute Gasteiger partial charge is 0.756 e. The molecule has 2 aromatic heterocycles. The first-order chi connectivity index (χ1) is 11.5. The van der Waals surface area contributed by atoms with Gasteiger partial charge in [-0.1, -0.05) is 0 Å². The van der Waals surface area contributed by atoms with Gasteiger partial charge in [-0.25, -0.2) is 4.98 Å². The number of anilines is 1. The molecule has 0 aliphatic carbocycles. The number of aromatic nitrogens is 4. The first kappa shape index (κ1) is 23.1. The van der Waals surface area contributed by atoms with Crippen molar-refractivity contribution in [2.75, 3.05) is 12.3 Å². The topological polar surface area (TPSA) is 240 Å². The van der Waals surface area contributed by atoms with Gasteiger partial charge in [-0.05, 0) is 0 Å². The number of hydrogen-bond acceptors (Lipinski definition) is 10. The van der Waals surface area contributed by atoms with Crippen molar-refractivity contribution in [3.63, 3.8) is 0 Å². The van der Waals surface area contributed by atoms with Gasteiger partial charge in [0.15, 0.2) is 17.4 Å². The Morgan fingerprint density at radius 1 is 1.38 bits per heavy atom. The molecule has 4 atom stereocenters. The summed E-state index contributed by atoms with van der Waals surface area (Å²) in [6.07, 6.45) is -3.21. The summed E-state index contributed by atoms with van der Waals surface area (Å²) in [4.78, 5) is 44.7. The largest absolute Gasteiger partial charge is 1.00 e. The van der Waals surface area contributed by atoms with Crippen molar-refractivity contribution < 1.29 is 68.9 Å². The summed E-state index contributed by atoms with van der Waals surface area (Å²) >= 11 is 0. The van der Waals surface area contributed by atoms with E-state index in [-0.39, 0.29) is 46.7 Å². The summed E-state index contributed by atoms with van der Waals surface area (Å²) in [5.74, 6) is -0.101. The van der Waals surface area contributed by atoms with E-state index in [2.05, 4.69) is 15.0 Å². The Morgan fingerprint density at radius 3 is 2.46 bits per heavy atom. The summed E-state index contributed by atoms with van der Waals surface area (Å²) in [7, 11) is -4.89. The number of nitrogens with zero attached hydrogens (tertiary/aromatic N) is 3. The zero-order chi connectivity index (χ0) is 18.9. The molecule has 26 heavy (non-hydrogen) atoms. The zero-order valence-corrected chi connectivity index (χ0v) is 16.2. The Kier molecular flexibility index (Phi) is 7.88. The average Bonchev–Trinajstić information content (AvgIpc) is 3.00. The molecule has 140 valence electrons. The molecular weight excluding hydrogens is 388 g/mol. The molecule has 1 aliphatic rings. The van der Waals surface area contributed by atoms with Crippen molar-refractivity contribution >= 4 is 24.9 Å². The molecule has 1 saturated heterocycles. The number of aliphatic hydroxyl groups excluding tert-OH is 3. The van der Waals surface area contributed by atoms with Gasteiger partial charge in [0.05, 0.1) is 12.9 Å². The molecule has 0 spiro atoms. The van der Waals surface area contributed by atoms with Crippen LogP contribution in [0.3, 0.4) is 0 Å². The van der Waals surface area contributed by atoms with E-state index in [9.17, 15) is 15.0 Å². The normalized spacial score (nSPS) is 25.5. The summed E-state index contributed by atoms with van der Waals surface area (Å²) < 4.78 is 15.4. The van der Waals surface area contributed by atoms with Crippen molar-refractivity contribution in [2.24, 2.45) is 0 Å². The van der Waals surface area contributed by atoms with Gasteiger partial charge in [0, 0.05) is 0 Å². The number of nitrogens with one attached hydrogen (secondary N) is 1. The molecule has 0 radical (unpaired) electrons. The van der Waals surface area contributed by atoms with E-state index in [1.807, 2.05) is 0 Å². The average molecular weight is 403 g/mol. The van der Waals surface area contributed by atoms with Crippen LogP contribution in [-0.4, -0.2) is 69.5 Å². The van der Waals surface area contributed by atoms with Crippen LogP contribution >= 0.6 is 7.82 Å². The van der Waals surface area contributed by atoms with E-state index in [4.69, 9.17) is 34.8 Å². The van der Waals surface area contributed by atoms with Crippen LogP contribution in [0.25, 0.3) is 11.2 Å². The molecule has 16 heteroatoms. The van der Waals surface area contributed by atoms with Crippen molar-refractivity contribution in [3.8, 4) is 0 Å². The molecule has 0 unspecified atom stereocenters. The summed E-state index contributed by atoms with van der Waals surface area (Å²) in [6, 6.07) is 0. The van der Waals surface area contributed by atoms with Gasteiger partial charge in [0.1, 0.15) is 18.3 Å². The number of phosphoric acid groups is 1. The predicted octanol–water partition coefficient (Wildman–Crippen LogP) is -7.24. The second kappa shape index (κ2) is 8.86. The van der Waals surface area contributed by atoms with Crippen molar-refractivity contribution in [2.45, 2.75) is 24.5 Å². The molecule has 0 bridgehead atoms. The molecule has 0 amide bonds. The summed E-state index contributed by atoms with van der Waals surface area (Å²) in [6.45, 7) is -0.447. The SMILES string of the molecule is Nc1nc2c(ncn2[C@@H]2O[C@H](CO)[C@@H](O)[C@H]2O)c(=O)[nH]1.O=P([O-])(O)O.[Na+]. The molecule has 8 N–H and O–H groups in total. The third-order valence-corrected chi connectivity index (χ3v) is 3.24. The standard InChI is InChI=1S/C10H13N5O5.Na.H3O4P/c11-10-13-7-4(8(19)14-10)12-2-15(7)9-6(18)5(17)3(1-16)20-9;;1-5(2,3)4/h2-3,5-6,9,16-18H,1H2,(H3,11,13,14,19);;(H3,1,2,3,4)/q;+1;/p-1/t3-,5-,6-,9-;;/m1../s1. The molecule has 14 nitrogen and oxygen atoms in total. The van der Waals surface area contributed by atoms with Gasteiger partial charge in [-0.2, -0.15) is 4.98 Å². The monoisotopic (exact) mass is 403 g/mol. The first-order valence-corrected chi connectivity index (χ1v) is 8.17. The third kappa shape index (κ3) is 5.31.